The van der Waals surface area contributed by atoms with Gasteiger partial charge in [0.15, 0.2) is 10.6 Å². The van der Waals surface area contributed by atoms with Gasteiger partial charge in [-0.2, -0.15) is 0 Å². The number of hydrogen-bond acceptors (Lipinski definition) is 8. The molecule has 1 aromatic heterocycles. The molecule has 10 heteroatoms. The Bertz CT molecular complexity index is 2320. The second-order valence-corrected chi connectivity index (χ2v) is 15.5. The Balaban J connectivity index is 0.926. The number of rotatable bonds is 12. The van der Waals surface area contributed by atoms with Gasteiger partial charge in [0.25, 0.3) is 0 Å². The molecule has 8 nitrogen and oxygen atoms in total. The van der Waals surface area contributed by atoms with Crippen LogP contribution in [0.25, 0.3) is 21.3 Å². The van der Waals surface area contributed by atoms with Crippen LogP contribution in [-0.4, -0.2) is 28.0 Å². The van der Waals surface area contributed by atoms with Crippen molar-refractivity contribution in [2.45, 2.75) is 42.4 Å². The van der Waals surface area contributed by atoms with Crippen LogP contribution in [0.15, 0.2) is 156 Å². The number of nitrogens with zero attached hydrogens (tertiary/aromatic N) is 1. The number of aliphatic hydroxyl groups is 1. The van der Waals surface area contributed by atoms with Crippen molar-refractivity contribution in [3.05, 3.63) is 174 Å². The number of thioether (sulfide) groups is 1. The van der Waals surface area contributed by atoms with Gasteiger partial charge in [0.05, 0.1) is 29.0 Å². The molecule has 0 radical (unpaired) electrons. The predicted octanol–water partition coefficient (Wildman–Crippen LogP) is 10.9. The van der Waals surface area contributed by atoms with Crippen LogP contribution in [0.3, 0.4) is 0 Å². The molecular formula is C45H39N3O5S2. The summed E-state index contributed by atoms with van der Waals surface area (Å²) in [6.07, 6.45) is -0.145. The third kappa shape index (κ3) is 9.43. The zero-order valence-electron chi connectivity index (χ0n) is 29.8. The number of thiazole rings is 1. The molecule has 0 aliphatic carbocycles. The molecule has 2 heterocycles. The molecule has 6 aromatic carbocycles. The zero-order valence-corrected chi connectivity index (χ0v) is 31.5. The summed E-state index contributed by atoms with van der Waals surface area (Å²) in [7, 11) is 0. The minimum Gasteiger partial charge on any atom is -0.457 e. The van der Waals surface area contributed by atoms with E-state index in [2.05, 4.69) is 41.0 Å². The first-order valence-electron chi connectivity index (χ1n) is 18.1. The fourth-order valence-corrected chi connectivity index (χ4v) is 8.53. The van der Waals surface area contributed by atoms with E-state index in [-0.39, 0.29) is 24.8 Å². The average molecular weight is 766 g/mol. The van der Waals surface area contributed by atoms with Gasteiger partial charge in [-0.3, -0.25) is 0 Å². The van der Waals surface area contributed by atoms with E-state index >= 15 is 0 Å². The summed E-state index contributed by atoms with van der Waals surface area (Å²) in [6.45, 7) is 0.352. The number of aliphatic hydroxyl groups excluding tert-OH is 1. The van der Waals surface area contributed by atoms with Gasteiger partial charge in [0.2, 0.25) is 0 Å². The summed E-state index contributed by atoms with van der Waals surface area (Å²) in [5, 5.41) is 15.5. The van der Waals surface area contributed by atoms with Crippen molar-refractivity contribution in [1.29, 1.82) is 0 Å². The largest absolute Gasteiger partial charge is 0.457 e. The molecule has 0 bridgehead atoms. The maximum Gasteiger partial charge on any atom is 0.319 e. The maximum atomic E-state index is 12.8. The molecule has 8 rings (SSSR count). The van der Waals surface area contributed by atoms with Gasteiger partial charge in [0, 0.05) is 30.0 Å². The number of fused-ring (bicyclic) bond motifs is 1. The number of carbonyl (C=O) groups excluding carboxylic acids is 1. The van der Waals surface area contributed by atoms with Crippen LogP contribution in [0.4, 0.5) is 10.5 Å². The topological polar surface area (TPSA) is 102 Å². The summed E-state index contributed by atoms with van der Waals surface area (Å²) in [4.78, 5) is 17.6. The maximum absolute atomic E-state index is 12.8. The molecule has 3 N–H and O–H groups in total. The van der Waals surface area contributed by atoms with Crippen LogP contribution in [0.2, 0.25) is 0 Å². The lowest BCUT2D eigenvalue weighted by Crippen LogP contribution is -2.31. The van der Waals surface area contributed by atoms with Gasteiger partial charge in [0.1, 0.15) is 11.5 Å². The summed E-state index contributed by atoms with van der Waals surface area (Å²) in [5.41, 5.74) is 7.52. The quantitative estimate of drug-likeness (QED) is 0.106. The van der Waals surface area contributed by atoms with Crippen molar-refractivity contribution in [3.63, 3.8) is 0 Å². The fourth-order valence-electron chi connectivity index (χ4n) is 6.41. The minimum atomic E-state index is -0.579. The van der Waals surface area contributed by atoms with E-state index < -0.39 is 6.29 Å². The van der Waals surface area contributed by atoms with Crippen molar-refractivity contribution in [1.82, 2.24) is 10.3 Å². The number of aromatic nitrogens is 1. The molecule has 1 aliphatic rings. The summed E-state index contributed by atoms with van der Waals surface area (Å²) in [6, 6.07) is 49.1. The van der Waals surface area contributed by atoms with E-state index in [4.69, 9.17) is 19.2 Å². The van der Waals surface area contributed by atoms with Crippen LogP contribution in [0.5, 0.6) is 11.5 Å². The molecule has 1 aliphatic heterocycles. The predicted molar refractivity (Wildman–Crippen MR) is 219 cm³/mol. The van der Waals surface area contributed by atoms with E-state index in [1.807, 2.05) is 121 Å². The van der Waals surface area contributed by atoms with Crippen molar-refractivity contribution in [2.75, 3.05) is 11.1 Å². The third-order valence-corrected chi connectivity index (χ3v) is 11.6. The molecule has 0 spiro atoms. The number of para-hydroxylation sites is 2. The number of benzene rings is 6. The Morgan fingerprint density at radius 1 is 0.764 bits per heavy atom. The number of urea groups is 1. The van der Waals surface area contributed by atoms with Gasteiger partial charge >= 0.3 is 6.03 Å². The van der Waals surface area contributed by atoms with Gasteiger partial charge in [-0.1, -0.05) is 103 Å². The normalized spacial score (nSPS) is 16.8. The SMILES string of the molecule is O=C(NCc1cccc(-c2cccc([C@H]3O[C@@H](CSc4nc5ccccc5s4)C[C@@H](c4ccc(CO)cc4)O3)c2)c1)Nc1ccc(Oc2ccccc2)cc1. The molecule has 0 unspecified atom stereocenters. The molecule has 55 heavy (non-hydrogen) atoms. The number of carbonyl (C=O) groups is 1. The molecule has 7 aromatic rings. The van der Waals surface area contributed by atoms with Crippen molar-refractivity contribution >= 4 is 45.0 Å². The molecule has 1 saturated heterocycles. The highest BCUT2D eigenvalue weighted by molar-refractivity contribution is 8.01. The van der Waals surface area contributed by atoms with E-state index in [0.717, 1.165) is 54.7 Å². The van der Waals surface area contributed by atoms with E-state index in [1.54, 1.807) is 23.1 Å². The lowest BCUT2D eigenvalue weighted by atomic mass is 9.99. The lowest BCUT2D eigenvalue weighted by molar-refractivity contribution is -0.245. The summed E-state index contributed by atoms with van der Waals surface area (Å²) < 4.78 is 21.4. The Hall–Kier alpha value is -5.49. The number of ether oxygens (including phenoxy) is 3. The number of anilines is 1. The summed E-state index contributed by atoms with van der Waals surface area (Å²) in [5.74, 6) is 2.18. The van der Waals surface area contributed by atoms with Crippen molar-refractivity contribution < 1.29 is 24.1 Å². The van der Waals surface area contributed by atoms with Gasteiger partial charge in [-0.05, 0) is 88.5 Å². The second kappa shape index (κ2) is 17.3. The molecule has 1 fully saturated rings. The Kier molecular flexibility index (Phi) is 11.5. The highest BCUT2D eigenvalue weighted by Crippen LogP contribution is 2.41. The zero-order chi connectivity index (χ0) is 37.4. The van der Waals surface area contributed by atoms with Crippen molar-refractivity contribution in [2.24, 2.45) is 0 Å². The van der Waals surface area contributed by atoms with Gasteiger partial charge in [-0.25, -0.2) is 9.78 Å². The molecule has 2 amide bonds. The van der Waals surface area contributed by atoms with E-state index in [9.17, 15) is 9.90 Å². The third-order valence-electron chi connectivity index (χ3n) is 9.25. The lowest BCUT2D eigenvalue weighted by Gasteiger charge is -2.36. The Morgan fingerprint density at radius 3 is 2.31 bits per heavy atom. The summed E-state index contributed by atoms with van der Waals surface area (Å²) >= 11 is 3.42. The molecular weight excluding hydrogens is 727 g/mol. The first-order chi connectivity index (χ1) is 27.0. The second-order valence-electron chi connectivity index (χ2n) is 13.2. The van der Waals surface area contributed by atoms with Crippen LogP contribution in [-0.2, 0) is 22.6 Å². The number of hydrogen-bond donors (Lipinski definition) is 3. The van der Waals surface area contributed by atoms with E-state index in [0.29, 0.717) is 24.4 Å². The first kappa shape index (κ1) is 36.5. The fraction of sp³-hybridized carbons (Fsp3) is 0.156. The number of amides is 2. The highest BCUT2D eigenvalue weighted by atomic mass is 32.2. The molecule has 3 atom stereocenters. The van der Waals surface area contributed by atoms with Crippen LogP contribution >= 0.6 is 23.1 Å². The monoisotopic (exact) mass is 765 g/mol. The number of nitrogens with one attached hydrogen (secondary N) is 2. The Labute approximate surface area is 328 Å². The van der Waals surface area contributed by atoms with Crippen molar-refractivity contribution in [3.8, 4) is 22.6 Å². The highest BCUT2D eigenvalue weighted by Gasteiger charge is 2.32. The van der Waals surface area contributed by atoms with E-state index in [1.165, 1.54) is 4.70 Å². The van der Waals surface area contributed by atoms with Crippen LogP contribution in [0.1, 0.15) is 41.1 Å². The van der Waals surface area contributed by atoms with Gasteiger partial charge in [-0.15, -0.1) is 11.3 Å². The average Bonchev–Trinajstić information content (AvgIpc) is 3.67. The van der Waals surface area contributed by atoms with Crippen LogP contribution in [0, 0.1) is 0 Å². The standard InChI is InChI=1S/C45H39N3O5S2/c49-28-30-16-18-32(19-17-30)41-26-39(29-54-45-48-40-14-4-5-15-42(40)55-45)52-43(53-41)35-11-7-10-34(25-35)33-9-6-8-31(24-33)27-46-44(50)47-36-20-22-38(23-21-36)51-37-12-2-1-3-13-37/h1-25,39,41,43,49H,26-29H2,(H2,46,47,50)/t39-,41+,43+/m1/s1. The Morgan fingerprint density at radius 2 is 1.51 bits per heavy atom. The van der Waals surface area contributed by atoms with Crippen LogP contribution < -0.4 is 15.4 Å². The minimum absolute atomic E-state index is 0.00327. The molecule has 0 saturated carbocycles. The van der Waals surface area contributed by atoms with Gasteiger partial charge < -0.3 is 30.0 Å². The first-order valence-corrected chi connectivity index (χ1v) is 19.9. The smallest absolute Gasteiger partial charge is 0.319 e. The molecule has 276 valence electrons.